The molecule has 0 saturated carbocycles. The summed E-state index contributed by atoms with van der Waals surface area (Å²) >= 11 is 0. The molecule has 0 saturated heterocycles. The van der Waals surface area contributed by atoms with E-state index >= 15 is 0 Å². The van der Waals surface area contributed by atoms with Gasteiger partial charge >= 0.3 is 11.9 Å². The van der Waals surface area contributed by atoms with Crippen LogP contribution in [0.1, 0.15) is 219 Å². The second-order valence-corrected chi connectivity index (χ2v) is 14.4. The predicted molar refractivity (Wildman–Crippen MR) is 197 cm³/mol. The molecule has 0 amide bonds. The molecular weight excluding hydrogens is 568 g/mol. The Labute approximate surface area is 287 Å². The van der Waals surface area contributed by atoms with E-state index in [1.165, 1.54) is 167 Å². The SMILES string of the molecule is CCCCCCCCCCCCCCCCCOC(=O)C1CC=CCC1C(=O)OCCCCCCCCCCCCCCCCC. The summed E-state index contributed by atoms with van der Waals surface area (Å²) in [5.41, 5.74) is 0. The molecule has 0 heterocycles. The van der Waals surface area contributed by atoms with E-state index in [9.17, 15) is 9.59 Å². The maximum atomic E-state index is 12.8. The number of unbranched alkanes of at least 4 members (excludes halogenated alkanes) is 28. The van der Waals surface area contributed by atoms with Crippen molar-refractivity contribution in [3.05, 3.63) is 12.2 Å². The Bertz CT molecular complexity index is 644. The molecule has 0 aromatic carbocycles. The van der Waals surface area contributed by atoms with Crippen LogP contribution in [0.5, 0.6) is 0 Å². The van der Waals surface area contributed by atoms with E-state index in [-0.39, 0.29) is 11.9 Å². The van der Waals surface area contributed by atoms with Crippen molar-refractivity contribution in [1.82, 2.24) is 0 Å². The monoisotopic (exact) mass is 647 g/mol. The zero-order valence-electron chi connectivity index (χ0n) is 31.0. The average molecular weight is 647 g/mol. The van der Waals surface area contributed by atoms with Crippen molar-refractivity contribution in [2.75, 3.05) is 13.2 Å². The van der Waals surface area contributed by atoms with Gasteiger partial charge in [-0.25, -0.2) is 0 Å². The van der Waals surface area contributed by atoms with Crippen LogP contribution in [-0.4, -0.2) is 25.2 Å². The van der Waals surface area contributed by atoms with E-state index in [1.807, 2.05) is 12.2 Å². The number of ether oxygens (including phenoxy) is 2. The number of carbonyl (C=O) groups excluding carboxylic acids is 2. The van der Waals surface area contributed by atoms with Crippen molar-refractivity contribution < 1.29 is 19.1 Å². The van der Waals surface area contributed by atoms with E-state index in [0.29, 0.717) is 26.1 Å². The highest BCUT2D eigenvalue weighted by Crippen LogP contribution is 2.28. The third kappa shape index (κ3) is 25.7. The Morgan fingerprint density at radius 2 is 0.609 bits per heavy atom. The van der Waals surface area contributed by atoms with Gasteiger partial charge < -0.3 is 9.47 Å². The van der Waals surface area contributed by atoms with Crippen molar-refractivity contribution in [1.29, 1.82) is 0 Å². The fourth-order valence-electron chi connectivity index (χ4n) is 6.84. The number of hydrogen-bond acceptors (Lipinski definition) is 4. The van der Waals surface area contributed by atoms with E-state index in [1.54, 1.807) is 0 Å². The molecule has 0 aliphatic heterocycles. The summed E-state index contributed by atoms with van der Waals surface area (Å²) in [7, 11) is 0. The number of esters is 2. The lowest BCUT2D eigenvalue weighted by atomic mass is 9.83. The van der Waals surface area contributed by atoms with Gasteiger partial charge in [0.25, 0.3) is 0 Å². The highest BCUT2D eigenvalue weighted by atomic mass is 16.5. The molecule has 0 aromatic rings. The average Bonchev–Trinajstić information content (AvgIpc) is 3.07. The quantitative estimate of drug-likeness (QED) is 0.0396. The van der Waals surface area contributed by atoms with Crippen molar-refractivity contribution in [3.8, 4) is 0 Å². The van der Waals surface area contributed by atoms with Crippen LogP contribution in [0, 0.1) is 11.8 Å². The van der Waals surface area contributed by atoms with E-state index in [2.05, 4.69) is 13.8 Å². The Morgan fingerprint density at radius 3 is 0.848 bits per heavy atom. The van der Waals surface area contributed by atoms with Gasteiger partial charge in [-0.2, -0.15) is 0 Å². The van der Waals surface area contributed by atoms with Crippen LogP contribution >= 0.6 is 0 Å². The van der Waals surface area contributed by atoms with Gasteiger partial charge in [0.2, 0.25) is 0 Å². The maximum Gasteiger partial charge on any atom is 0.310 e. The Kier molecular flexibility index (Phi) is 31.2. The van der Waals surface area contributed by atoms with Crippen LogP contribution in [0.4, 0.5) is 0 Å². The summed E-state index contributed by atoms with van der Waals surface area (Å²) in [6, 6.07) is 0. The Morgan fingerprint density at radius 1 is 0.391 bits per heavy atom. The molecule has 270 valence electrons. The minimum absolute atomic E-state index is 0.219. The van der Waals surface area contributed by atoms with Crippen LogP contribution in [-0.2, 0) is 19.1 Å². The van der Waals surface area contributed by atoms with E-state index < -0.39 is 11.8 Å². The molecular formula is C42H78O4. The first-order valence-electron chi connectivity index (χ1n) is 20.7. The van der Waals surface area contributed by atoms with Gasteiger partial charge in [-0.1, -0.05) is 206 Å². The van der Waals surface area contributed by atoms with Crippen LogP contribution in [0.2, 0.25) is 0 Å². The van der Waals surface area contributed by atoms with Crippen molar-refractivity contribution in [3.63, 3.8) is 0 Å². The predicted octanol–water partition coefficient (Wildman–Crippen LogP) is 13.4. The molecule has 0 aromatic heterocycles. The van der Waals surface area contributed by atoms with Crippen LogP contribution in [0.15, 0.2) is 12.2 Å². The first kappa shape index (κ1) is 42.7. The minimum atomic E-state index is -0.394. The molecule has 0 bridgehead atoms. The number of carbonyl (C=O) groups is 2. The molecule has 0 fully saturated rings. The maximum absolute atomic E-state index is 12.8. The number of hydrogen-bond donors (Lipinski definition) is 0. The lowest BCUT2D eigenvalue weighted by Crippen LogP contribution is -2.34. The molecule has 0 radical (unpaired) electrons. The summed E-state index contributed by atoms with van der Waals surface area (Å²) < 4.78 is 11.3. The lowest BCUT2D eigenvalue weighted by Gasteiger charge is -2.25. The van der Waals surface area contributed by atoms with Gasteiger partial charge in [0.05, 0.1) is 25.0 Å². The highest BCUT2D eigenvalue weighted by molar-refractivity contribution is 5.82. The molecule has 2 unspecified atom stereocenters. The third-order valence-corrected chi connectivity index (χ3v) is 10.0. The van der Waals surface area contributed by atoms with Crippen molar-refractivity contribution in [2.45, 2.75) is 219 Å². The Balaban J connectivity index is 1.97. The van der Waals surface area contributed by atoms with Gasteiger partial charge in [0, 0.05) is 0 Å². The minimum Gasteiger partial charge on any atom is -0.465 e. The van der Waals surface area contributed by atoms with Gasteiger partial charge in [-0.15, -0.1) is 0 Å². The van der Waals surface area contributed by atoms with Crippen molar-refractivity contribution >= 4 is 11.9 Å². The molecule has 46 heavy (non-hydrogen) atoms. The topological polar surface area (TPSA) is 52.6 Å². The van der Waals surface area contributed by atoms with Crippen molar-refractivity contribution in [2.24, 2.45) is 11.8 Å². The molecule has 1 rings (SSSR count). The first-order valence-corrected chi connectivity index (χ1v) is 20.7. The van der Waals surface area contributed by atoms with Crippen LogP contribution < -0.4 is 0 Å². The zero-order chi connectivity index (χ0) is 33.2. The summed E-state index contributed by atoms with van der Waals surface area (Å²) in [5.74, 6) is -1.22. The van der Waals surface area contributed by atoms with E-state index in [4.69, 9.17) is 9.47 Å². The zero-order valence-corrected chi connectivity index (χ0v) is 31.0. The molecule has 4 heteroatoms. The molecule has 4 nitrogen and oxygen atoms in total. The standard InChI is InChI=1S/C42H78O4/c1-3-5-7-9-11-13-15-17-19-21-23-25-27-29-33-37-45-41(43)39-35-31-32-36-40(39)42(44)46-38-34-30-28-26-24-22-20-18-16-14-12-10-8-6-4-2/h31-32,39-40H,3-30,33-38H2,1-2H3. The molecule has 0 N–H and O–H groups in total. The summed E-state index contributed by atoms with van der Waals surface area (Å²) in [6.45, 7) is 5.50. The molecule has 2 atom stereocenters. The Hall–Kier alpha value is -1.32. The van der Waals surface area contributed by atoms with Gasteiger partial charge in [0.15, 0.2) is 0 Å². The molecule has 1 aliphatic carbocycles. The van der Waals surface area contributed by atoms with Crippen LogP contribution in [0.3, 0.4) is 0 Å². The summed E-state index contributed by atoms with van der Waals surface area (Å²) in [4.78, 5) is 25.6. The summed E-state index contributed by atoms with van der Waals surface area (Å²) in [6.07, 6.45) is 44.8. The normalized spacial score (nSPS) is 16.1. The highest BCUT2D eigenvalue weighted by Gasteiger charge is 2.36. The second kappa shape index (κ2) is 33.6. The van der Waals surface area contributed by atoms with Gasteiger partial charge in [0.1, 0.15) is 0 Å². The van der Waals surface area contributed by atoms with Gasteiger partial charge in [-0.05, 0) is 25.7 Å². The van der Waals surface area contributed by atoms with Crippen LogP contribution in [0.25, 0.3) is 0 Å². The molecule has 0 spiro atoms. The summed E-state index contributed by atoms with van der Waals surface area (Å²) in [5, 5.41) is 0. The van der Waals surface area contributed by atoms with Gasteiger partial charge in [-0.3, -0.25) is 9.59 Å². The second-order valence-electron chi connectivity index (χ2n) is 14.4. The third-order valence-electron chi connectivity index (χ3n) is 10.0. The largest absolute Gasteiger partial charge is 0.465 e. The fraction of sp³-hybridized carbons (Fsp3) is 0.905. The van der Waals surface area contributed by atoms with E-state index in [0.717, 1.165) is 25.7 Å². The fourth-order valence-corrected chi connectivity index (χ4v) is 6.84. The first-order chi connectivity index (χ1) is 22.7. The number of allylic oxidation sites excluding steroid dienone is 2. The smallest absolute Gasteiger partial charge is 0.310 e. The number of rotatable bonds is 34. The lowest BCUT2D eigenvalue weighted by molar-refractivity contribution is -0.161. The molecule has 1 aliphatic rings.